The molecule has 0 saturated carbocycles. The summed E-state index contributed by atoms with van der Waals surface area (Å²) >= 11 is 0. The Labute approximate surface area is 143 Å². The van der Waals surface area contributed by atoms with Crippen molar-refractivity contribution in [1.29, 1.82) is 0 Å². The van der Waals surface area contributed by atoms with Gasteiger partial charge in [0.2, 0.25) is 0 Å². The minimum atomic E-state index is -3.96. The van der Waals surface area contributed by atoms with Crippen LogP contribution in [0.4, 0.5) is 11.4 Å². The van der Waals surface area contributed by atoms with Gasteiger partial charge in [0.1, 0.15) is 10.6 Å². The maximum Gasteiger partial charge on any atom is 0.270 e. The summed E-state index contributed by atoms with van der Waals surface area (Å²) in [5, 5.41) is 11.2. The standard InChI is InChI=1S/C16H15N3O5S/c1-2-24-15-6-4-3-5-14(15)18-25(22,23)16-10-17-13-8-7-11(19(20)21)9-12(13)16/h3-10,17-18H,2H2,1H3. The van der Waals surface area contributed by atoms with Gasteiger partial charge >= 0.3 is 0 Å². The number of non-ortho nitro benzene ring substituents is 1. The fourth-order valence-electron chi connectivity index (χ4n) is 2.45. The summed E-state index contributed by atoms with van der Waals surface area (Å²) in [6, 6.07) is 10.7. The van der Waals surface area contributed by atoms with E-state index < -0.39 is 14.9 Å². The highest BCUT2D eigenvalue weighted by Crippen LogP contribution is 2.30. The molecule has 2 aromatic carbocycles. The Morgan fingerprint density at radius 2 is 2.00 bits per heavy atom. The highest BCUT2D eigenvalue weighted by molar-refractivity contribution is 7.93. The van der Waals surface area contributed by atoms with Crippen LogP contribution in [0.3, 0.4) is 0 Å². The zero-order valence-electron chi connectivity index (χ0n) is 13.2. The van der Waals surface area contributed by atoms with Crippen molar-refractivity contribution in [2.24, 2.45) is 0 Å². The van der Waals surface area contributed by atoms with Crippen LogP contribution < -0.4 is 9.46 Å². The largest absolute Gasteiger partial charge is 0.492 e. The van der Waals surface area contributed by atoms with Gasteiger partial charge in [-0.3, -0.25) is 14.8 Å². The van der Waals surface area contributed by atoms with E-state index in [1.54, 1.807) is 31.2 Å². The first-order chi connectivity index (χ1) is 11.9. The summed E-state index contributed by atoms with van der Waals surface area (Å²) in [4.78, 5) is 13.1. The van der Waals surface area contributed by atoms with E-state index >= 15 is 0 Å². The molecule has 1 heterocycles. The Hall–Kier alpha value is -3.07. The first-order valence-electron chi connectivity index (χ1n) is 7.42. The van der Waals surface area contributed by atoms with Crippen LogP contribution in [0, 0.1) is 10.1 Å². The molecule has 0 radical (unpaired) electrons. The van der Waals surface area contributed by atoms with Crippen molar-refractivity contribution in [2.45, 2.75) is 11.8 Å². The molecule has 2 N–H and O–H groups in total. The molecular weight excluding hydrogens is 346 g/mol. The van der Waals surface area contributed by atoms with Crippen molar-refractivity contribution in [3.8, 4) is 5.75 Å². The van der Waals surface area contributed by atoms with E-state index in [4.69, 9.17) is 4.74 Å². The molecule has 0 amide bonds. The van der Waals surface area contributed by atoms with E-state index in [0.29, 0.717) is 23.6 Å². The van der Waals surface area contributed by atoms with Crippen molar-refractivity contribution in [1.82, 2.24) is 4.98 Å². The fraction of sp³-hybridized carbons (Fsp3) is 0.125. The number of sulfonamides is 1. The van der Waals surface area contributed by atoms with E-state index in [9.17, 15) is 18.5 Å². The second kappa shape index (κ2) is 6.44. The number of nitro groups is 1. The third-order valence-electron chi connectivity index (χ3n) is 3.56. The third-order valence-corrected chi connectivity index (χ3v) is 4.96. The van der Waals surface area contributed by atoms with E-state index in [2.05, 4.69) is 9.71 Å². The first kappa shape index (κ1) is 16.8. The lowest BCUT2D eigenvalue weighted by molar-refractivity contribution is -0.384. The number of para-hydroxylation sites is 2. The summed E-state index contributed by atoms with van der Waals surface area (Å²) in [7, 11) is -3.96. The summed E-state index contributed by atoms with van der Waals surface area (Å²) in [6.45, 7) is 2.18. The van der Waals surface area contributed by atoms with Crippen molar-refractivity contribution in [3.63, 3.8) is 0 Å². The number of aromatic nitrogens is 1. The molecule has 0 unspecified atom stereocenters. The molecule has 0 aliphatic rings. The van der Waals surface area contributed by atoms with Crippen molar-refractivity contribution < 1.29 is 18.1 Å². The van der Waals surface area contributed by atoms with Crippen LogP contribution in [-0.4, -0.2) is 24.9 Å². The monoisotopic (exact) mass is 361 g/mol. The number of H-pyrrole nitrogens is 1. The number of hydrogen-bond donors (Lipinski definition) is 2. The highest BCUT2D eigenvalue weighted by atomic mass is 32.2. The molecule has 3 rings (SSSR count). The number of hydrogen-bond acceptors (Lipinski definition) is 5. The maximum atomic E-state index is 12.8. The van der Waals surface area contributed by atoms with Gasteiger partial charge < -0.3 is 9.72 Å². The molecule has 0 aliphatic carbocycles. The van der Waals surface area contributed by atoms with Gasteiger partial charge in [-0.2, -0.15) is 0 Å². The van der Waals surface area contributed by atoms with Crippen molar-refractivity contribution >= 4 is 32.3 Å². The normalized spacial score (nSPS) is 11.4. The molecule has 0 atom stereocenters. The van der Waals surface area contributed by atoms with E-state index in [1.807, 2.05) is 0 Å². The predicted molar refractivity (Wildman–Crippen MR) is 93.4 cm³/mol. The molecule has 3 aromatic rings. The second-order valence-corrected chi connectivity index (χ2v) is 6.83. The van der Waals surface area contributed by atoms with Crippen LogP contribution in [-0.2, 0) is 10.0 Å². The van der Waals surface area contributed by atoms with Gasteiger partial charge in [0.25, 0.3) is 15.7 Å². The van der Waals surface area contributed by atoms with Crippen LogP contribution in [0.5, 0.6) is 5.75 Å². The van der Waals surface area contributed by atoms with Crippen LogP contribution in [0.15, 0.2) is 53.6 Å². The van der Waals surface area contributed by atoms with Crippen molar-refractivity contribution in [3.05, 3.63) is 58.8 Å². The fourth-order valence-corrected chi connectivity index (χ4v) is 3.69. The van der Waals surface area contributed by atoms with E-state index in [0.717, 1.165) is 0 Å². The Kier molecular flexibility index (Phi) is 4.32. The van der Waals surface area contributed by atoms with Gasteiger partial charge in [0.15, 0.2) is 0 Å². The number of anilines is 1. The Morgan fingerprint density at radius 3 is 2.72 bits per heavy atom. The van der Waals surface area contributed by atoms with Gasteiger partial charge in [-0.1, -0.05) is 12.1 Å². The number of nitro benzene ring substituents is 1. The SMILES string of the molecule is CCOc1ccccc1NS(=O)(=O)c1c[nH]c2ccc([N+](=O)[O-])cc12. The molecule has 8 nitrogen and oxygen atoms in total. The van der Waals surface area contributed by atoms with Gasteiger partial charge in [-0.05, 0) is 25.1 Å². The molecule has 0 saturated heterocycles. The topological polar surface area (TPSA) is 114 Å². The summed E-state index contributed by atoms with van der Waals surface area (Å²) in [5.41, 5.74) is 0.603. The van der Waals surface area contributed by atoms with E-state index in [1.165, 1.54) is 24.4 Å². The number of nitrogens with zero attached hydrogens (tertiary/aromatic N) is 1. The molecular formula is C16H15N3O5S. The molecule has 0 spiro atoms. The van der Waals surface area contributed by atoms with Gasteiger partial charge in [-0.15, -0.1) is 0 Å². The maximum absolute atomic E-state index is 12.8. The first-order valence-corrected chi connectivity index (χ1v) is 8.91. The zero-order chi connectivity index (χ0) is 18.0. The number of ether oxygens (including phenoxy) is 1. The minimum absolute atomic E-state index is 0.0718. The zero-order valence-corrected chi connectivity index (χ0v) is 14.0. The van der Waals surface area contributed by atoms with Crippen LogP contribution >= 0.6 is 0 Å². The third kappa shape index (κ3) is 3.26. The van der Waals surface area contributed by atoms with Gasteiger partial charge in [-0.25, -0.2) is 8.42 Å². The average Bonchev–Trinajstić information content (AvgIpc) is 3.00. The summed E-state index contributed by atoms with van der Waals surface area (Å²) < 4.78 is 33.4. The van der Waals surface area contributed by atoms with E-state index in [-0.39, 0.29) is 16.0 Å². The highest BCUT2D eigenvalue weighted by Gasteiger charge is 2.22. The molecule has 25 heavy (non-hydrogen) atoms. The lowest BCUT2D eigenvalue weighted by atomic mass is 10.2. The molecule has 0 bridgehead atoms. The van der Waals surface area contributed by atoms with Crippen LogP contribution in [0.2, 0.25) is 0 Å². The second-order valence-electron chi connectivity index (χ2n) is 5.17. The average molecular weight is 361 g/mol. The number of benzene rings is 2. The molecule has 0 aliphatic heterocycles. The van der Waals surface area contributed by atoms with Gasteiger partial charge in [0, 0.05) is 29.2 Å². The lowest BCUT2D eigenvalue weighted by Gasteiger charge is -2.12. The molecule has 9 heteroatoms. The quantitative estimate of drug-likeness (QED) is 0.516. The summed E-state index contributed by atoms with van der Waals surface area (Å²) in [5.74, 6) is 0.402. The van der Waals surface area contributed by atoms with Gasteiger partial charge in [0.05, 0.1) is 17.2 Å². The number of aromatic amines is 1. The lowest BCUT2D eigenvalue weighted by Crippen LogP contribution is -2.13. The molecule has 130 valence electrons. The predicted octanol–water partition coefficient (Wildman–Crippen LogP) is 3.28. The summed E-state index contributed by atoms with van der Waals surface area (Å²) in [6.07, 6.45) is 1.31. The number of rotatable bonds is 6. The number of nitrogens with one attached hydrogen (secondary N) is 2. The van der Waals surface area contributed by atoms with Crippen molar-refractivity contribution in [2.75, 3.05) is 11.3 Å². The molecule has 1 aromatic heterocycles. The molecule has 0 fully saturated rings. The smallest absolute Gasteiger partial charge is 0.270 e. The minimum Gasteiger partial charge on any atom is -0.492 e. The Balaban J connectivity index is 2.05. The Bertz CT molecular complexity index is 1040. The number of fused-ring (bicyclic) bond motifs is 1. The van der Waals surface area contributed by atoms with Crippen LogP contribution in [0.25, 0.3) is 10.9 Å². The Morgan fingerprint density at radius 1 is 1.24 bits per heavy atom. The van der Waals surface area contributed by atoms with Crippen LogP contribution in [0.1, 0.15) is 6.92 Å².